The fourth-order valence-electron chi connectivity index (χ4n) is 3.16. The van der Waals surface area contributed by atoms with Gasteiger partial charge in [-0.25, -0.2) is 0 Å². The molecule has 0 radical (unpaired) electrons. The van der Waals surface area contributed by atoms with Crippen molar-refractivity contribution >= 4 is 40.3 Å². The van der Waals surface area contributed by atoms with E-state index in [0.29, 0.717) is 35.4 Å². The van der Waals surface area contributed by atoms with Gasteiger partial charge in [0.25, 0.3) is 5.91 Å². The summed E-state index contributed by atoms with van der Waals surface area (Å²) in [6, 6.07) is 12.5. The number of benzene rings is 2. The summed E-state index contributed by atoms with van der Waals surface area (Å²) in [7, 11) is 5.44. The van der Waals surface area contributed by atoms with Crippen LogP contribution in [0.4, 0.5) is 11.4 Å². The van der Waals surface area contributed by atoms with Gasteiger partial charge < -0.3 is 25.2 Å². The topological polar surface area (TPSA) is 101 Å². The number of amides is 2. The zero-order valence-corrected chi connectivity index (χ0v) is 18.1. The van der Waals surface area contributed by atoms with Crippen LogP contribution in [0.3, 0.4) is 0 Å². The first-order valence-electron chi connectivity index (χ1n) is 9.98. The number of carbonyl (C=O) groups is 2. The third-order valence-electron chi connectivity index (χ3n) is 4.82. The zero-order chi connectivity index (χ0) is 22.5. The van der Waals surface area contributed by atoms with Gasteiger partial charge in [-0.1, -0.05) is 6.07 Å². The number of nitrogens with zero attached hydrogens (tertiary/aromatic N) is 3. The van der Waals surface area contributed by atoms with Crippen LogP contribution in [0, 0.1) is 0 Å². The highest BCUT2D eigenvalue weighted by atomic mass is 16.3. The Hall–Kier alpha value is -3.65. The fourth-order valence-corrected chi connectivity index (χ4v) is 3.16. The van der Waals surface area contributed by atoms with Crippen LogP contribution in [0.25, 0.3) is 10.9 Å². The Morgan fingerprint density at radius 2 is 1.84 bits per heavy atom. The van der Waals surface area contributed by atoms with Gasteiger partial charge in [-0.2, -0.15) is 0 Å². The van der Waals surface area contributed by atoms with Crippen LogP contribution in [0.1, 0.15) is 22.8 Å². The van der Waals surface area contributed by atoms with Gasteiger partial charge in [0.1, 0.15) is 0 Å². The van der Waals surface area contributed by atoms with E-state index in [-0.39, 0.29) is 17.7 Å². The summed E-state index contributed by atoms with van der Waals surface area (Å²) in [5.41, 5.74) is 3.17. The number of fused-ring (bicyclic) bond motifs is 1. The smallest absolute Gasteiger partial charge is 0.251 e. The molecule has 0 fully saturated rings. The van der Waals surface area contributed by atoms with E-state index in [2.05, 4.69) is 15.3 Å². The van der Waals surface area contributed by atoms with Crippen LogP contribution >= 0.6 is 0 Å². The number of nitrogens with one attached hydrogen (secondary N) is 2. The van der Waals surface area contributed by atoms with Crippen molar-refractivity contribution in [2.24, 2.45) is 4.99 Å². The third kappa shape index (κ3) is 5.10. The van der Waals surface area contributed by atoms with E-state index in [1.165, 1.54) is 0 Å². The van der Waals surface area contributed by atoms with Crippen molar-refractivity contribution in [3.05, 3.63) is 53.6 Å². The molecule has 1 heterocycles. The first-order valence-corrected chi connectivity index (χ1v) is 9.98. The lowest BCUT2D eigenvalue weighted by Gasteiger charge is -2.19. The van der Waals surface area contributed by atoms with E-state index in [4.69, 9.17) is 0 Å². The van der Waals surface area contributed by atoms with Crippen LogP contribution in [-0.2, 0) is 4.79 Å². The lowest BCUT2D eigenvalue weighted by atomic mass is 10.1. The molecule has 0 atom stereocenters. The summed E-state index contributed by atoms with van der Waals surface area (Å²) in [6.07, 6.45) is 1.58. The summed E-state index contributed by atoms with van der Waals surface area (Å²) < 4.78 is 0. The van der Waals surface area contributed by atoms with Gasteiger partial charge in [0.15, 0.2) is 5.88 Å². The van der Waals surface area contributed by atoms with E-state index >= 15 is 0 Å². The van der Waals surface area contributed by atoms with Crippen LogP contribution in [0.2, 0.25) is 0 Å². The molecule has 0 saturated carbocycles. The Kier molecular flexibility index (Phi) is 6.71. The van der Waals surface area contributed by atoms with Crippen LogP contribution in [0.15, 0.2) is 47.5 Å². The van der Waals surface area contributed by atoms with Gasteiger partial charge in [0, 0.05) is 42.0 Å². The molecule has 0 aliphatic carbocycles. The summed E-state index contributed by atoms with van der Waals surface area (Å²) in [6.45, 7) is 2.74. The van der Waals surface area contributed by atoms with Gasteiger partial charge in [-0.3, -0.25) is 14.6 Å². The van der Waals surface area contributed by atoms with E-state index in [9.17, 15) is 14.7 Å². The SMILES string of the molecule is CCNC(=O)c1ccc2c(C=Nc3ccc(N(C)C(=O)CN(C)C)cc3)c(O)[nH]c2c1. The van der Waals surface area contributed by atoms with Crippen molar-refractivity contribution < 1.29 is 14.7 Å². The van der Waals surface area contributed by atoms with Crippen LogP contribution in [0.5, 0.6) is 5.88 Å². The minimum absolute atomic E-state index is 0.00282. The number of aromatic amines is 1. The van der Waals surface area contributed by atoms with Crippen molar-refractivity contribution in [2.75, 3.05) is 39.1 Å². The Morgan fingerprint density at radius 1 is 1.13 bits per heavy atom. The predicted octanol–water partition coefficient (Wildman–Crippen LogP) is 2.90. The lowest BCUT2D eigenvalue weighted by molar-refractivity contribution is -0.118. The molecule has 2 aromatic carbocycles. The molecule has 0 saturated heterocycles. The standard InChI is InChI=1S/C23H27N5O3/c1-5-24-22(30)15-6-11-18-19(23(31)26-20(18)12-15)13-25-16-7-9-17(10-8-16)28(4)21(29)14-27(2)3/h6-13,26,31H,5,14H2,1-4H3,(H,24,30). The third-order valence-corrected chi connectivity index (χ3v) is 4.82. The van der Waals surface area contributed by atoms with Crippen molar-refractivity contribution in [2.45, 2.75) is 6.92 Å². The Morgan fingerprint density at radius 3 is 2.48 bits per heavy atom. The minimum Gasteiger partial charge on any atom is -0.494 e. The average Bonchev–Trinajstić information content (AvgIpc) is 3.05. The molecule has 2 amide bonds. The molecule has 0 unspecified atom stereocenters. The van der Waals surface area contributed by atoms with Crippen LogP contribution in [-0.4, -0.2) is 67.3 Å². The normalized spacial score (nSPS) is 11.4. The Bertz CT molecular complexity index is 1120. The second-order valence-corrected chi connectivity index (χ2v) is 7.47. The molecule has 3 aromatic rings. The highest BCUT2D eigenvalue weighted by Gasteiger charge is 2.13. The molecule has 8 nitrogen and oxygen atoms in total. The number of likely N-dealkylation sites (N-methyl/N-ethyl adjacent to an activating group) is 2. The highest BCUT2D eigenvalue weighted by Crippen LogP contribution is 2.27. The number of anilines is 1. The quantitative estimate of drug-likeness (QED) is 0.511. The largest absolute Gasteiger partial charge is 0.494 e. The van der Waals surface area contributed by atoms with Gasteiger partial charge in [-0.05, 0) is 57.4 Å². The second kappa shape index (κ2) is 9.44. The molecule has 8 heteroatoms. The molecule has 0 spiro atoms. The lowest BCUT2D eigenvalue weighted by Crippen LogP contribution is -2.34. The summed E-state index contributed by atoms with van der Waals surface area (Å²) in [4.78, 5) is 35.0. The predicted molar refractivity (Wildman–Crippen MR) is 124 cm³/mol. The highest BCUT2D eigenvalue weighted by molar-refractivity contribution is 6.05. The van der Waals surface area contributed by atoms with E-state index < -0.39 is 0 Å². The molecule has 31 heavy (non-hydrogen) atoms. The number of aromatic nitrogens is 1. The molecular formula is C23H27N5O3. The fraction of sp³-hybridized carbons (Fsp3) is 0.261. The number of hydrogen-bond acceptors (Lipinski definition) is 5. The van der Waals surface area contributed by atoms with Crippen molar-refractivity contribution in [3.63, 3.8) is 0 Å². The summed E-state index contributed by atoms with van der Waals surface area (Å²) in [5, 5.41) is 13.8. The average molecular weight is 422 g/mol. The molecule has 3 rings (SSSR count). The summed E-state index contributed by atoms with van der Waals surface area (Å²) >= 11 is 0. The first kappa shape index (κ1) is 22.0. The second-order valence-electron chi connectivity index (χ2n) is 7.47. The van der Waals surface area contributed by atoms with Crippen LogP contribution < -0.4 is 10.2 Å². The molecule has 162 valence electrons. The molecule has 0 bridgehead atoms. The van der Waals surface area contributed by atoms with E-state index in [1.807, 2.05) is 50.2 Å². The molecule has 1 aromatic heterocycles. The first-order chi connectivity index (χ1) is 14.8. The minimum atomic E-state index is -0.164. The van der Waals surface area contributed by atoms with E-state index in [0.717, 1.165) is 11.1 Å². The van der Waals surface area contributed by atoms with Crippen molar-refractivity contribution in [1.29, 1.82) is 0 Å². The monoisotopic (exact) mass is 421 g/mol. The van der Waals surface area contributed by atoms with E-state index in [1.54, 1.807) is 36.4 Å². The maximum atomic E-state index is 12.2. The maximum absolute atomic E-state index is 12.2. The molecule has 0 aliphatic rings. The van der Waals surface area contributed by atoms with Gasteiger partial charge in [-0.15, -0.1) is 0 Å². The molecule has 3 N–H and O–H groups in total. The summed E-state index contributed by atoms with van der Waals surface area (Å²) in [5.74, 6) is -0.183. The number of hydrogen-bond donors (Lipinski definition) is 3. The van der Waals surface area contributed by atoms with Crippen molar-refractivity contribution in [1.82, 2.24) is 15.2 Å². The number of aliphatic imine (C=N–C) groups is 1. The number of rotatable bonds is 7. The zero-order valence-electron chi connectivity index (χ0n) is 18.1. The Balaban J connectivity index is 1.79. The van der Waals surface area contributed by atoms with Gasteiger partial charge >= 0.3 is 0 Å². The van der Waals surface area contributed by atoms with Gasteiger partial charge in [0.2, 0.25) is 5.91 Å². The Labute approximate surface area is 181 Å². The molecular weight excluding hydrogens is 394 g/mol. The maximum Gasteiger partial charge on any atom is 0.251 e. The number of H-pyrrole nitrogens is 1. The van der Waals surface area contributed by atoms with Crippen molar-refractivity contribution in [3.8, 4) is 5.88 Å². The number of carbonyl (C=O) groups excluding carboxylic acids is 2. The molecule has 0 aliphatic heterocycles. The number of aromatic hydroxyl groups is 1. The van der Waals surface area contributed by atoms with Gasteiger partial charge in [0.05, 0.1) is 17.8 Å².